The average molecular weight is 359 g/mol. The molecule has 1 aromatic rings. The van der Waals surface area contributed by atoms with Crippen molar-refractivity contribution in [2.24, 2.45) is 5.73 Å². The van der Waals surface area contributed by atoms with Crippen LogP contribution in [0.3, 0.4) is 0 Å². The van der Waals surface area contributed by atoms with Crippen molar-refractivity contribution in [1.29, 1.82) is 0 Å². The summed E-state index contributed by atoms with van der Waals surface area (Å²) in [7, 11) is 0. The Morgan fingerprint density at radius 2 is 2.06 bits per heavy atom. The summed E-state index contributed by atoms with van der Waals surface area (Å²) in [4.78, 5) is 0. The molecule has 6 heteroatoms. The van der Waals surface area contributed by atoms with E-state index < -0.39 is 12.8 Å². The summed E-state index contributed by atoms with van der Waals surface area (Å²) in [6.07, 6.45) is -4.32. The molecule has 0 saturated carbocycles. The molecule has 0 aliphatic heterocycles. The van der Waals surface area contributed by atoms with Gasteiger partial charge in [0.15, 0.2) is 6.61 Å². The molecule has 17 heavy (non-hydrogen) atoms. The van der Waals surface area contributed by atoms with E-state index >= 15 is 0 Å². The third kappa shape index (κ3) is 4.71. The van der Waals surface area contributed by atoms with Gasteiger partial charge in [0.2, 0.25) is 0 Å². The number of ether oxygens (including phenoxy) is 1. The highest BCUT2D eigenvalue weighted by Gasteiger charge is 2.28. The Morgan fingerprint density at radius 3 is 2.53 bits per heavy atom. The van der Waals surface area contributed by atoms with E-state index in [1.807, 2.05) is 6.92 Å². The largest absolute Gasteiger partial charge is 0.484 e. The van der Waals surface area contributed by atoms with Crippen molar-refractivity contribution < 1.29 is 17.9 Å². The van der Waals surface area contributed by atoms with Crippen LogP contribution in [0.15, 0.2) is 18.2 Å². The summed E-state index contributed by atoms with van der Waals surface area (Å²) < 4.78 is 41.3. The van der Waals surface area contributed by atoms with Gasteiger partial charge in [-0.1, -0.05) is 28.7 Å². The lowest BCUT2D eigenvalue weighted by atomic mass is 10.0. The van der Waals surface area contributed by atoms with Gasteiger partial charge in [-0.05, 0) is 30.2 Å². The van der Waals surface area contributed by atoms with Gasteiger partial charge in [0, 0.05) is 10.5 Å². The number of alkyl halides is 4. The quantitative estimate of drug-likeness (QED) is 0.659. The minimum absolute atomic E-state index is 0.142. The van der Waals surface area contributed by atoms with Gasteiger partial charge < -0.3 is 10.5 Å². The molecule has 0 spiro atoms. The van der Waals surface area contributed by atoms with Gasteiger partial charge in [-0.15, -0.1) is 0 Å². The molecule has 0 amide bonds. The summed E-state index contributed by atoms with van der Waals surface area (Å²) >= 11 is 2.14. The topological polar surface area (TPSA) is 35.2 Å². The van der Waals surface area contributed by atoms with Crippen molar-refractivity contribution >= 4 is 22.6 Å². The van der Waals surface area contributed by atoms with Crippen LogP contribution in [0.5, 0.6) is 5.75 Å². The van der Waals surface area contributed by atoms with Crippen LogP contribution < -0.4 is 10.5 Å². The molecule has 0 aliphatic rings. The van der Waals surface area contributed by atoms with Crippen molar-refractivity contribution in [2.45, 2.75) is 23.6 Å². The first-order chi connectivity index (χ1) is 7.83. The molecular weight excluding hydrogens is 346 g/mol. The molecule has 0 fully saturated rings. The summed E-state index contributed by atoms with van der Waals surface area (Å²) in [5.41, 5.74) is 7.59. The predicted molar refractivity (Wildman–Crippen MR) is 68.3 cm³/mol. The fraction of sp³-hybridized carbons (Fsp3) is 0.455. The maximum atomic E-state index is 12.0. The first kappa shape index (κ1) is 14.6. The number of hydrogen-bond donors (Lipinski definition) is 1. The lowest BCUT2D eigenvalue weighted by Gasteiger charge is -2.14. The molecule has 2 nitrogen and oxygen atoms in total. The highest BCUT2D eigenvalue weighted by molar-refractivity contribution is 14.1. The molecule has 1 atom stereocenters. The minimum Gasteiger partial charge on any atom is -0.484 e. The van der Waals surface area contributed by atoms with Gasteiger partial charge in [0.1, 0.15) is 5.75 Å². The highest BCUT2D eigenvalue weighted by Crippen LogP contribution is 2.25. The number of nitrogens with two attached hydrogens (primary N) is 1. The van der Waals surface area contributed by atoms with Crippen LogP contribution in [0.1, 0.15) is 24.1 Å². The molecule has 0 aromatic heterocycles. The lowest BCUT2D eigenvalue weighted by Crippen LogP contribution is -2.19. The standard InChI is InChI=1S/C11H13F3INO/c1-7(16)10-3-2-9(4-8(10)5-15)17-6-11(12,13)14/h2-4,7H,5-6,16H2,1H3. The monoisotopic (exact) mass is 359 g/mol. The van der Waals surface area contributed by atoms with Gasteiger partial charge in [0.25, 0.3) is 0 Å². The zero-order valence-electron chi connectivity index (χ0n) is 9.22. The second-order valence-electron chi connectivity index (χ2n) is 3.69. The highest BCUT2D eigenvalue weighted by atomic mass is 127. The normalized spacial score (nSPS) is 13.5. The van der Waals surface area contributed by atoms with E-state index in [1.54, 1.807) is 12.1 Å². The van der Waals surface area contributed by atoms with Crippen LogP contribution in [-0.2, 0) is 4.43 Å². The van der Waals surface area contributed by atoms with Crippen molar-refractivity contribution in [3.63, 3.8) is 0 Å². The van der Waals surface area contributed by atoms with Crippen molar-refractivity contribution in [3.05, 3.63) is 29.3 Å². The van der Waals surface area contributed by atoms with E-state index in [0.29, 0.717) is 4.43 Å². The van der Waals surface area contributed by atoms with Crippen molar-refractivity contribution in [2.75, 3.05) is 6.61 Å². The molecule has 1 unspecified atom stereocenters. The molecule has 96 valence electrons. The summed E-state index contributed by atoms with van der Waals surface area (Å²) in [5, 5.41) is 0. The molecule has 0 saturated heterocycles. The zero-order valence-corrected chi connectivity index (χ0v) is 11.4. The second kappa shape index (κ2) is 5.90. The molecule has 1 rings (SSSR count). The number of halogens is 4. The van der Waals surface area contributed by atoms with Gasteiger partial charge in [-0.2, -0.15) is 13.2 Å². The minimum atomic E-state index is -4.32. The Labute approximate surface area is 111 Å². The molecule has 0 radical (unpaired) electrons. The number of hydrogen-bond acceptors (Lipinski definition) is 2. The number of rotatable bonds is 4. The first-order valence-electron chi connectivity index (χ1n) is 4.97. The number of benzene rings is 1. The van der Waals surface area contributed by atoms with E-state index in [2.05, 4.69) is 27.3 Å². The van der Waals surface area contributed by atoms with Crippen molar-refractivity contribution in [3.8, 4) is 5.75 Å². The van der Waals surface area contributed by atoms with Crippen LogP contribution in [0.25, 0.3) is 0 Å². The van der Waals surface area contributed by atoms with E-state index in [9.17, 15) is 13.2 Å². The van der Waals surface area contributed by atoms with Gasteiger partial charge in [0.05, 0.1) is 0 Å². The fourth-order valence-electron chi connectivity index (χ4n) is 1.40. The maximum Gasteiger partial charge on any atom is 0.422 e. The van der Waals surface area contributed by atoms with E-state index in [4.69, 9.17) is 5.73 Å². The molecule has 0 heterocycles. The second-order valence-corrected chi connectivity index (χ2v) is 4.45. The predicted octanol–water partition coefficient (Wildman–Crippen LogP) is 3.58. The Balaban J connectivity index is 2.83. The lowest BCUT2D eigenvalue weighted by molar-refractivity contribution is -0.153. The van der Waals surface area contributed by atoms with Crippen molar-refractivity contribution in [1.82, 2.24) is 0 Å². The summed E-state index contributed by atoms with van der Waals surface area (Å²) in [6.45, 7) is 0.562. The van der Waals surface area contributed by atoms with Gasteiger partial charge >= 0.3 is 6.18 Å². The van der Waals surface area contributed by atoms with Crippen LogP contribution in [0.2, 0.25) is 0 Å². The third-order valence-electron chi connectivity index (χ3n) is 2.15. The average Bonchev–Trinajstić information content (AvgIpc) is 2.24. The zero-order chi connectivity index (χ0) is 13.1. The fourth-order valence-corrected chi connectivity index (χ4v) is 2.06. The Kier molecular flexibility index (Phi) is 5.05. The molecule has 1 aromatic carbocycles. The van der Waals surface area contributed by atoms with E-state index in [-0.39, 0.29) is 11.8 Å². The summed E-state index contributed by atoms with van der Waals surface area (Å²) in [6, 6.07) is 4.69. The van der Waals surface area contributed by atoms with E-state index in [0.717, 1.165) is 11.1 Å². The van der Waals surface area contributed by atoms with Gasteiger partial charge in [-0.3, -0.25) is 0 Å². The summed E-state index contributed by atoms with van der Waals surface area (Å²) in [5.74, 6) is 0.221. The molecule has 2 N–H and O–H groups in total. The van der Waals surface area contributed by atoms with Crippen LogP contribution in [-0.4, -0.2) is 12.8 Å². The van der Waals surface area contributed by atoms with Crippen LogP contribution in [0, 0.1) is 0 Å². The Morgan fingerprint density at radius 1 is 1.41 bits per heavy atom. The Bertz CT molecular complexity index is 379. The molecule has 0 bridgehead atoms. The van der Waals surface area contributed by atoms with E-state index in [1.165, 1.54) is 6.07 Å². The first-order valence-corrected chi connectivity index (χ1v) is 6.50. The molecule has 0 aliphatic carbocycles. The smallest absolute Gasteiger partial charge is 0.422 e. The SMILES string of the molecule is CC(N)c1ccc(OCC(F)(F)F)cc1CI. The Hall–Kier alpha value is -0.500. The van der Waals surface area contributed by atoms with Crippen LogP contribution >= 0.6 is 22.6 Å². The molecular formula is C11H13F3INO. The van der Waals surface area contributed by atoms with Gasteiger partial charge in [-0.25, -0.2) is 0 Å². The maximum absolute atomic E-state index is 12.0. The third-order valence-corrected chi connectivity index (χ3v) is 2.97. The van der Waals surface area contributed by atoms with Crippen LogP contribution in [0.4, 0.5) is 13.2 Å².